The summed E-state index contributed by atoms with van der Waals surface area (Å²) in [6.07, 6.45) is 62.1. The highest BCUT2D eigenvalue weighted by molar-refractivity contribution is 5.71. The van der Waals surface area contributed by atoms with Gasteiger partial charge in [0.1, 0.15) is 13.2 Å². The lowest BCUT2D eigenvalue weighted by Crippen LogP contribution is -2.30. The molecule has 1 atom stereocenters. The fourth-order valence-electron chi connectivity index (χ4n) is 8.85. The van der Waals surface area contributed by atoms with E-state index in [1.165, 1.54) is 225 Å². The van der Waals surface area contributed by atoms with Crippen LogP contribution in [-0.2, 0) is 28.6 Å². The molecule has 0 aliphatic rings. The van der Waals surface area contributed by atoms with E-state index in [0.29, 0.717) is 19.3 Å². The van der Waals surface area contributed by atoms with E-state index < -0.39 is 6.10 Å². The molecule has 0 heterocycles. The number of allylic oxidation sites excluding steroid dienone is 2. The SMILES string of the molecule is CCCCCCCCC/C=C\CCCCCCCC(=O)OC(COC(=O)CCCCCCCCCCCC)COC(=O)CCCCCCCCCCCCCCCCCCCCCCC. The molecule has 6 heteroatoms. The van der Waals surface area contributed by atoms with Crippen molar-refractivity contribution < 1.29 is 28.6 Å². The van der Waals surface area contributed by atoms with E-state index in [0.717, 1.165) is 64.2 Å². The lowest BCUT2D eigenvalue weighted by molar-refractivity contribution is -0.167. The average Bonchev–Trinajstić information content (AvgIpc) is 3.30. The number of hydrogen-bond acceptors (Lipinski definition) is 6. The molecule has 0 aliphatic carbocycles. The maximum atomic E-state index is 12.8. The molecule has 0 amide bonds. The summed E-state index contributed by atoms with van der Waals surface area (Å²) in [6, 6.07) is 0. The molecule has 65 heavy (non-hydrogen) atoms. The molecular formula is C59H112O6. The maximum absolute atomic E-state index is 12.8. The van der Waals surface area contributed by atoms with Crippen molar-refractivity contribution >= 4 is 17.9 Å². The molecule has 0 aromatic rings. The Hall–Kier alpha value is -1.85. The van der Waals surface area contributed by atoms with Crippen LogP contribution >= 0.6 is 0 Å². The molecule has 0 aromatic heterocycles. The second-order valence-corrected chi connectivity index (χ2v) is 19.9. The topological polar surface area (TPSA) is 78.9 Å². The number of ether oxygens (including phenoxy) is 3. The Bertz CT molecular complexity index is 1010. The summed E-state index contributed by atoms with van der Waals surface area (Å²) in [5, 5.41) is 0. The van der Waals surface area contributed by atoms with Crippen molar-refractivity contribution in [1.29, 1.82) is 0 Å². The Morgan fingerprint density at radius 3 is 0.769 bits per heavy atom. The standard InChI is InChI=1S/C59H112O6/c1-4-7-10-13-16-19-22-24-26-28-29-30-31-32-34-35-37-40-43-46-49-52-58(61)64-55-56(54-63-57(60)51-48-45-42-39-21-18-15-12-9-6-3)65-59(62)53-50-47-44-41-38-36-33-27-25-23-20-17-14-11-8-5-2/h27,33,56H,4-26,28-32,34-55H2,1-3H3/b33-27-. The van der Waals surface area contributed by atoms with Crippen LogP contribution in [0.25, 0.3) is 0 Å². The first-order valence-corrected chi connectivity index (χ1v) is 29.2. The third-order valence-corrected chi connectivity index (χ3v) is 13.3. The number of carbonyl (C=O) groups is 3. The van der Waals surface area contributed by atoms with Gasteiger partial charge in [-0.25, -0.2) is 0 Å². The predicted octanol–water partition coefficient (Wildman–Crippen LogP) is 19.3. The molecule has 6 nitrogen and oxygen atoms in total. The van der Waals surface area contributed by atoms with Gasteiger partial charge in [-0.1, -0.05) is 277 Å². The minimum absolute atomic E-state index is 0.0676. The van der Waals surface area contributed by atoms with Crippen molar-refractivity contribution in [3.8, 4) is 0 Å². The fraction of sp³-hybridized carbons (Fsp3) is 0.915. The first-order valence-electron chi connectivity index (χ1n) is 29.2. The summed E-state index contributed by atoms with van der Waals surface area (Å²) in [4.78, 5) is 38.1. The smallest absolute Gasteiger partial charge is 0.306 e. The fourth-order valence-corrected chi connectivity index (χ4v) is 8.85. The Labute approximate surface area is 405 Å². The van der Waals surface area contributed by atoms with Crippen LogP contribution in [0.1, 0.15) is 329 Å². The number of esters is 3. The van der Waals surface area contributed by atoms with Gasteiger partial charge in [0, 0.05) is 19.3 Å². The average molecular weight is 918 g/mol. The number of carbonyl (C=O) groups excluding carboxylic acids is 3. The van der Waals surface area contributed by atoms with Gasteiger partial charge in [0.05, 0.1) is 0 Å². The Kier molecular flexibility index (Phi) is 53.2. The van der Waals surface area contributed by atoms with Gasteiger partial charge in [0.25, 0.3) is 0 Å². The highest BCUT2D eigenvalue weighted by Gasteiger charge is 2.19. The molecule has 0 bridgehead atoms. The van der Waals surface area contributed by atoms with E-state index in [9.17, 15) is 14.4 Å². The summed E-state index contributed by atoms with van der Waals surface area (Å²) in [6.45, 7) is 6.67. The third-order valence-electron chi connectivity index (χ3n) is 13.3. The van der Waals surface area contributed by atoms with Crippen LogP contribution in [0.3, 0.4) is 0 Å². The normalized spacial score (nSPS) is 12.0. The minimum Gasteiger partial charge on any atom is -0.462 e. The van der Waals surface area contributed by atoms with Crippen LogP contribution in [0, 0.1) is 0 Å². The van der Waals surface area contributed by atoms with Crippen LogP contribution in [0.2, 0.25) is 0 Å². The molecule has 0 spiro atoms. The summed E-state index contributed by atoms with van der Waals surface area (Å²) in [7, 11) is 0. The number of rotatable bonds is 54. The second-order valence-electron chi connectivity index (χ2n) is 19.9. The van der Waals surface area contributed by atoms with E-state index in [1.807, 2.05) is 0 Å². The van der Waals surface area contributed by atoms with Crippen molar-refractivity contribution in [2.24, 2.45) is 0 Å². The van der Waals surface area contributed by atoms with E-state index in [4.69, 9.17) is 14.2 Å². The highest BCUT2D eigenvalue weighted by Crippen LogP contribution is 2.17. The monoisotopic (exact) mass is 917 g/mol. The molecule has 1 unspecified atom stereocenters. The van der Waals surface area contributed by atoms with Crippen molar-refractivity contribution in [3.63, 3.8) is 0 Å². The summed E-state index contributed by atoms with van der Waals surface area (Å²) in [5.74, 6) is -0.855. The van der Waals surface area contributed by atoms with Crippen LogP contribution in [0.5, 0.6) is 0 Å². The van der Waals surface area contributed by atoms with Gasteiger partial charge >= 0.3 is 17.9 Å². The summed E-state index contributed by atoms with van der Waals surface area (Å²) >= 11 is 0. The molecule has 0 N–H and O–H groups in total. The second kappa shape index (κ2) is 54.8. The zero-order valence-corrected chi connectivity index (χ0v) is 44.0. The van der Waals surface area contributed by atoms with E-state index in [1.54, 1.807) is 0 Å². The molecule has 0 radical (unpaired) electrons. The minimum atomic E-state index is -0.768. The zero-order valence-electron chi connectivity index (χ0n) is 44.0. The molecule has 0 rings (SSSR count). The largest absolute Gasteiger partial charge is 0.462 e. The van der Waals surface area contributed by atoms with Crippen molar-refractivity contribution in [1.82, 2.24) is 0 Å². The Morgan fingerprint density at radius 1 is 0.292 bits per heavy atom. The van der Waals surface area contributed by atoms with Gasteiger partial charge in [-0.3, -0.25) is 14.4 Å². The first-order chi connectivity index (χ1) is 32.0. The van der Waals surface area contributed by atoms with Gasteiger partial charge in [-0.05, 0) is 44.9 Å². The predicted molar refractivity (Wildman–Crippen MR) is 280 cm³/mol. The van der Waals surface area contributed by atoms with E-state index in [2.05, 4.69) is 32.9 Å². The van der Waals surface area contributed by atoms with E-state index in [-0.39, 0.29) is 31.1 Å². The van der Waals surface area contributed by atoms with Gasteiger partial charge < -0.3 is 14.2 Å². The van der Waals surface area contributed by atoms with Crippen LogP contribution in [0.4, 0.5) is 0 Å². The van der Waals surface area contributed by atoms with Gasteiger partial charge in [-0.2, -0.15) is 0 Å². The Morgan fingerprint density at radius 2 is 0.508 bits per heavy atom. The van der Waals surface area contributed by atoms with Gasteiger partial charge in [0.15, 0.2) is 6.10 Å². The molecular weight excluding hydrogens is 805 g/mol. The van der Waals surface area contributed by atoms with Gasteiger partial charge in [0.2, 0.25) is 0 Å². The Balaban J connectivity index is 4.22. The molecule has 0 fully saturated rings. The first kappa shape index (κ1) is 63.1. The molecule has 0 saturated heterocycles. The van der Waals surface area contributed by atoms with Crippen molar-refractivity contribution in [3.05, 3.63) is 12.2 Å². The number of hydrogen-bond donors (Lipinski definition) is 0. The molecule has 0 aromatic carbocycles. The highest BCUT2D eigenvalue weighted by atomic mass is 16.6. The zero-order chi connectivity index (χ0) is 47.2. The molecule has 384 valence electrons. The molecule has 0 saturated carbocycles. The van der Waals surface area contributed by atoms with Crippen LogP contribution in [0.15, 0.2) is 12.2 Å². The van der Waals surface area contributed by atoms with E-state index >= 15 is 0 Å². The quantitative estimate of drug-likeness (QED) is 0.0262. The summed E-state index contributed by atoms with van der Waals surface area (Å²) < 4.78 is 16.8. The lowest BCUT2D eigenvalue weighted by Gasteiger charge is -2.18. The third kappa shape index (κ3) is 53.0. The molecule has 0 aliphatic heterocycles. The summed E-state index contributed by atoms with van der Waals surface area (Å²) in [5.41, 5.74) is 0. The van der Waals surface area contributed by atoms with Crippen LogP contribution < -0.4 is 0 Å². The lowest BCUT2D eigenvalue weighted by atomic mass is 10.0. The van der Waals surface area contributed by atoms with Crippen LogP contribution in [-0.4, -0.2) is 37.2 Å². The van der Waals surface area contributed by atoms with Crippen molar-refractivity contribution in [2.75, 3.05) is 13.2 Å². The maximum Gasteiger partial charge on any atom is 0.306 e. The van der Waals surface area contributed by atoms with Gasteiger partial charge in [-0.15, -0.1) is 0 Å². The number of unbranched alkanes of at least 4 members (excludes halogenated alkanes) is 41. The van der Waals surface area contributed by atoms with Crippen molar-refractivity contribution in [2.45, 2.75) is 335 Å².